The van der Waals surface area contributed by atoms with Crippen LogP contribution in [0.4, 0.5) is 13.2 Å². The largest absolute Gasteiger partial charge is 0.484 e. The van der Waals surface area contributed by atoms with Gasteiger partial charge in [-0.25, -0.2) is 13.2 Å². The molecule has 0 radical (unpaired) electrons. The molecule has 0 bridgehead atoms. The number of amides is 3. The van der Waals surface area contributed by atoms with Crippen molar-refractivity contribution in [1.29, 1.82) is 0 Å². The fourth-order valence-corrected chi connectivity index (χ4v) is 6.79. The van der Waals surface area contributed by atoms with Gasteiger partial charge in [-0.1, -0.05) is 31.6 Å². The van der Waals surface area contributed by atoms with Crippen molar-refractivity contribution in [2.45, 2.75) is 77.0 Å². The second kappa shape index (κ2) is 11.1. The van der Waals surface area contributed by atoms with E-state index in [0.717, 1.165) is 36.0 Å². The van der Waals surface area contributed by atoms with E-state index in [1.807, 2.05) is 0 Å². The Morgan fingerprint density at radius 2 is 1.79 bits per heavy atom. The molecular formula is C33H36F3N3O4. The number of likely N-dealkylation sites (tertiary alicyclic amines) is 1. The number of piperidine rings is 2. The smallest absolute Gasteiger partial charge is 0.296 e. The molecule has 1 aliphatic carbocycles. The van der Waals surface area contributed by atoms with Crippen LogP contribution in [0.2, 0.25) is 0 Å². The summed E-state index contributed by atoms with van der Waals surface area (Å²) in [5, 5.41) is 2.27. The molecule has 1 unspecified atom stereocenters. The number of alkyl halides is 2. The summed E-state index contributed by atoms with van der Waals surface area (Å²) in [6, 6.07) is 10.4. The minimum atomic E-state index is -3.10. The topological polar surface area (TPSA) is 79.0 Å². The highest BCUT2D eigenvalue weighted by Crippen LogP contribution is 2.44. The number of carbonyl (C=O) groups excluding carboxylic acids is 3. The molecule has 3 aliphatic heterocycles. The van der Waals surface area contributed by atoms with Crippen LogP contribution in [0, 0.1) is 11.2 Å². The third kappa shape index (κ3) is 6.07. The number of imide groups is 1. The third-order valence-electron chi connectivity index (χ3n) is 9.18. The Morgan fingerprint density at radius 1 is 1.02 bits per heavy atom. The third-order valence-corrected chi connectivity index (χ3v) is 9.18. The second-order valence-corrected chi connectivity index (χ2v) is 13.0. The minimum absolute atomic E-state index is 0.0807. The van der Waals surface area contributed by atoms with E-state index >= 15 is 8.78 Å². The highest BCUT2D eigenvalue weighted by atomic mass is 19.3. The number of nitrogens with one attached hydrogen (secondary N) is 1. The van der Waals surface area contributed by atoms with Gasteiger partial charge in [0.25, 0.3) is 11.8 Å². The van der Waals surface area contributed by atoms with Crippen molar-refractivity contribution in [2.75, 3.05) is 19.6 Å². The maximum atomic E-state index is 15.5. The van der Waals surface area contributed by atoms with Crippen molar-refractivity contribution in [1.82, 2.24) is 15.1 Å². The van der Waals surface area contributed by atoms with Crippen molar-refractivity contribution in [2.24, 2.45) is 5.41 Å². The lowest BCUT2D eigenvalue weighted by molar-refractivity contribution is -0.138. The molecular weight excluding hydrogens is 559 g/mol. The van der Waals surface area contributed by atoms with Crippen LogP contribution in [0.25, 0.3) is 5.57 Å². The molecule has 0 aromatic heterocycles. The molecule has 0 spiro atoms. The summed E-state index contributed by atoms with van der Waals surface area (Å²) in [5.74, 6) is -4.33. The van der Waals surface area contributed by atoms with Gasteiger partial charge in [-0.2, -0.15) is 0 Å². The summed E-state index contributed by atoms with van der Waals surface area (Å²) in [4.78, 5) is 40.0. The van der Waals surface area contributed by atoms with Crippen LogP contribution in [-0.4, -0.2) is 65.2 Å². The molecule has 10 heteroatoms. The molecule has 2 saturated heterocycles. The van der Waals surface area contributed by atoms with Gasteiger partial charge in [0.1, 0.15) is 17.6 Å². The summed E-state index contributed by atoms with van der Waals surface area (Å²) < 4.78 is 50.4. The number of halogens is 3. The maximum Gasteiger partial charge on any atom is 0.296 e. The number of fused-ring (bicyclic) bond motifs is 1. The maximum absolute atomic E-state index is 15.5. The lowest BCUT2D eigenvalue weighted by Gasteiger charge is -2.40. The average Bonchev–Trinajstić information content (AvgIpc) is 3.26. The molecule has 4 aliphatic rings. The summed E-state index contributed by atoms with van der Waals surface area (Å²) in [6.45, 7) is 4.98. The molecule has 7 nitrogen and oxygen atoms in total. The summed E-state index contributed by atoms with van der Waals surface area (Å²) in [7, 11) is 0. The number of rotatable bonds is 6. The summed E-state index contributed by atoms with van der Waals surface area (Å²) in [6.07, 6.45) is 1.80. The molecule has 2 fully saturated rings. The van der Waals surface area contributed by atoms with Crippen molar-refractivity contribution >= 4 is 23.3 Å². The molecule has 2 aromatic rings. The van der Waals surface area contributed by atoms with Gasteiger partial charge < -0.3 is 9.64 Å². The van der Waals surface area contributed by atoms with Gasteiger partial charge in [0, 0.05) is 38.0 Å². The molecule has 2 atom stereocenters. The van der Waals surface area contributed by atoms with Crippen LogP contribution >= 0.6 is 0 Å². The van der Waals surface area contributed by atoms with Crippen LogP contribution in [0.3, 0.4) is 0 Å². The molecule has 2 aromatic carbocycles. The Labute approximate surface area is 249 Å². The number of carbonyl (C=O) groups is 3. The Kier molecular flexibility index (Phi) is 7.61. The van der Waals surface area contributed by atoms with Crippen molar-refractivity contribution in [3.05, 3.63) is 70.5 Å². The van der Waals surface area contributed by atoms with Crippen molar-refractivity contribution in [3.63, 3.8) is 0 Å². The zero-order valence-corrected chi connectivity index (χ0v) is 24.4. The first-order valence-electron chi connectivity index (χ1n) is 14.9. The van der Waals surface area contributed by atoms with Crippen LogP contribution in [-0.2, 0) is 16.1 Å². The number of hydrogen-bond donors (Lipinski definition) is 1. The Balaban J connectivity index is 1.12. The summed E-state index contributed by atoms with van der Waals surface area (Å²) >= 11 is 0. The Bertz CT molecular complexity index is 1490. The minimum Gasteiger partial charge on any atom is -0.484 e. The molecule has 228 valence electrons. The first-order chi connectivity index (χ1) is 20.4. The lowest BCUT2D eigenvalue weighted by atomic mass is 9.72. The quantitative estimate of drug-likeness (QED) is 0.457. The monoisotopic (exact) mass is 595 g/mol. The van der Waals surface area contributed by atoms with E-state index in [4.69, 9.17) is 4.74 Å². The van der Waals surface area contributed by atoms with E-state index in [0.29, 0.717) is 24.2 Å². The highest BCUT2D eigenvalue weighted by molar-refractivity contribution is 6.05. The first kappa shape index (κ1) is 29.4. The number of nitrogens with zero attached hydrogens (tertiary/aromatic N) is 2. The predicted octanol–water partition coefficient (Wildman–Crippen LogP) is 5.34. The van der Waals surface area contributed by atoms with E-state index in [2.05, 4.69) is 19.2 Å². The van der Waals surface area contributed by atoms with Gasteiger partial charge >= 0.3 is 0 Å². The number of hydrogen-bond acceptors (Lipinski definition) is 5. The zero-order chi connectivity index (χ0) is 30.5. The molecule has 3 heterocycles. The van der Waals surface area contributed by atoms with Crippen LogP contribution < -0.4 is 10.1 Å². The first-order valence-corrected chi connectivity index (χ1v) is 14.9. The Morgan fingerprint density at radius 3 is 2.51 bits per heavy atom. The number of ether oxygens (including phenoxy) is 1. The van der Waals surface area contributed by atoms with Crippen molar-refractivity contribution in [3.8, 4) is 5.75 Å². The fraction of sp³-hybridized carbons (Fsp3) is 0.485. The van der Waals surface area contributed by atoms with E-state index in [-0.39, 0.29) is 54.6 Å². The van der Waals surface area contributed by atoms with Gasteiger partial charge in [0.2, 0.25) is 11.8 Å². The lowest BCUT2D eigenvalue weighted by Crippen LogP contribution is -2.54. The van der Waals surface area contributed by atoms with E-state index < -0.39 is 30.5 Å². The molecule has 1 N–H and O–H groups in total. The molecule has 6 rings (SSSR count). The fourth-order valence-electron chi connectivity index (χ4n) is 6.79. The van der Waals surface area contributed by atoms with Gasteiger partial charge in [0.15, 0.2) is 6.10 Å². The van der Waals surface area contributed by atoms with Gasteiger partial charge in [0.05, 0.1) is 6.54 Å². The second-order valence-electron chi connectivity index (χ2n) is 13.0. The van der Waals surface area contributed by atoms with Crippen LogP contribution in [0.15, 0.2) is 48.0 Å². The SMILES string of the molecule is CC1(C)CCC(CN2CC[C@H](Oc3ccc4c(c3)CN(C3CCC(=O)NC3=O)C4=O)C(F)(F)C2)=C(c2ccc(F)cc2)C1. The average molecular weight is 596 g/mol. The van der Waals surface area contributed by atoms with E-state index in [1.165, 1.54) is 23.1 Å². The molecule has 3 amide bonds. The van der Waals surface area contributed by atoms with Gasteiger partial charge in [-0.15, -0.1) is 0 Å². The standard InChI is InChI=1S/C33H36F3N3O4/c1-32(2)13-11-21(26(16-32)20-3-5-23(34)6-4-20)17-38-14-12-28(33(35,36)19-38)43-24-7-8-25-22(15-24)18-39(31(25)42)27-9-10-29(40)37-30(27)41/h3-8,15,27-28H,9-14,16-19H2,1-2H3,(H,37,40,41)/t27?,28-/m0/s1. The number of allylic oxidation sites excluding steroid dienone is 1. The molecule has 0 saturated carbocycles. The predicted molar refractivity (Wildman–Crippen MR) is 154 cm³/mol. The van der Waals surface area contributed by atoms with Crippen LogP contribution in [0.1, 0.15) is 73.9 Å². The highest BCUT2D eigenvalue weighted by Gasteiger charge is 2.47. The summed E-state index contributed by atoms with van der Waals surface area (Å²) in [5.41, 5.74) is 4.28. The zero-order valence-electron chi connectivity index (χ0n) is 24.4. The normalized spacial score (nSPS) is 25.5. The van der Waals surface area contributed by atoms with E-state index in [9.17, 15) is 18.8 Å². The molecule has 43 heavy (non-hydrogen) atoms. The van der Waals surface area contributed by atoms with Gasteiger partial charge in [-0.3, -0.25) is 24.6 Å². The van der Waals surface area contributed by atoms with Gasteiger partial charge in [-0.05, 0) is 78.1 Å². The number of benzene rings is 2. The Hall–Kier alpha value is -3.66. The van der Waals surface area contributed by atoms with Crippen LogP contribution in [0.5, 0.6) is 5.75 Å². The van der Waals surface area contributed by atoms with E-state index in [1.54, 1.807) is 29.2 Å². The van der Waals surface area contributed by atoms with Crippen molar-refractivity contribution < 1.29 is 32.3 Å².